The molecule has 2 N–H and O–H groups in total. The van der Waals surface area contributed by atoms with Crippen molar-refractivity contribution >= 4 is 34.5 Å². The van der Waals surface area contributed by atoms with Crippen molar-refractivity contribution in [2.75, 3.05) is 36.4 Å². The van der Waals surface area contributed by atoms with Crippen LogP contribution in [0.2, 0.25) is 0 Å². The number of anilines is 2. The number of pyridine rings is 1. The molecule has 194 valence electrons. The van der Waals surface area contributed by atoms with E-state index in [1.165, 1.54) is 12.3 Å². The summed E-state index contributed by atoms with van der Waals surface area (Å²) in [5.41, 5.74) is 3.34. The van der Waals surface area contributed by atoms with Crippen molar-refractivity contribution in [3.8, 4) is 17.3 Å². The van der Waals surface area contributed by atoms with Crippen LogP contribution in [0.3, 0.4) is 0 Å². The highest BCUT2D eigenvalue weighted by molar-refractivity contribution is 6.02. The van der Waals surface area contributed by atoms with Crippen molar-refractivity contribution < 1.29 is 9.59 Å². The summed E-state index contributed by atoms with van der Waals surface area (Å²) in [4.78, 5) is 42.4. The molecule has 1 aromatic carbocycles. The lowest BCUT2D eigenvalue weighted by Gasteiger charge is -2.47. The van der Waals surface area contributed by atoms with Crippen LogP contribution in [0.4, 0.5) is 11.8 Å². The van der Waals surface area contributed by atoms with Crippen LogP contribution in [0, 0.1) is 23.7 Å². The number of nitrogens with zero attached hydrogens (tertiary/aromatic N) is 7. The Morgan fingerprint density at radius 3 is 2.79 bits per heavy atom. The Bertz CT molecular complexity index is 1670. The second kappa shape index (κ2) is 9.33. The van der Waals surface area contributed by atoms with Crippen molar-refractivity contribution in [1.82, 2.24) is 30.0 Å². The number of aromatic amines is 1. The number of nitrogens with one attached hydrogen (secondary N) is 2. The summed E-state index contributed by atoms with van der Waals surface area (Å²) in [6.07, 6.45) is 5.43. The number of carbonyl (C=O) groups excluding carboxylic acids is 2. The van der Waals surface area contributed by atoms with Crippen LogP contribution in [0.25, 0.3) is 22.2 Å². The highest BCUT2D eigenvalue weighted by atomic mass is 16.2. The third-order valence-corrected chi connectivity index (χ3v) is 7.47. The molecule has 6 rings (SSSR count). The van der Waals surface area contributed by atoms with E-state index in [-0.39, 0.29) is 23.0 Å². The fourth-order valence-electron chi connectivity index (χ4n) is 5.54. The van der Waals surface area contributed by atoms with Gasteiger partial charge in [0.2, 0.25) is 11.9 Å². The van der Waals surface area contributed by atoms with Crippen LogP contribution in [0.5, 0.6) is 0 Å². The topological polar surface area (TPSA) is 144 Å². The Morgan fingerprint density at radius 1 is 1.21 bits per heavy atom. The van der Waals surface area contributed by atoms with Gasteiger partial charge >= 0.3 is 0 Å². The summed E-state index contributed by atoms with van der Waals surface area (Å²) in [5.74, 6) is -0.00751. The SMILES string of the molecule is C=CC(=O)N1CC2(CCN(c3nc(NC(=O)c4ccccn4)nc(-c4c(C)ccc5[nH]ncc45)c3C#N)C2)C1. The molecule has 2 amide bonds. The van der Waals surface area contributed by atoms with Gasteiger partial charge in [-0.1, -0.05) is 18.7 Å². The summed E-state index contributed by atoms with van der Waals surface area (Å²) < 4.78 is 0. The van der Waals surface area contributed by atoms with Crippen molar-refractivity contribution in [1.29, 1.82) is 5.26 Å². The van der Waals surface area contributed by atoms with Gasteiger partial charge in [-0.3, -0.25) is 25.0 Å². The predicted octanol–water partition coefficient (Wildman–Crippen LogP) is 3.07. The molecular weight excluding hydrogens is 494 g/mol. The van der Waals surface area contributed by atoms with E-state index in [0.717, 1.165) is 28.5 Å². The highest BCUT2D eigenvalue weighted by Crippen LogP contribution is 2.43. The maximum Gasteiger partial charge on any atom is 0.276 e. The summed E-state index contributed by atoms with van der Waals surface area (Å²) in [7, 11) is 0. The molecule has 3 aromatic heterocycles. The molecule has 0 unspecified atom stereocenters. The summed E-state index contributed by atoms with van der Waals surface area (Å²) >= 11 is 0. The molecule has 5 heterocycles. The second-order valence-electron chi connectivity index (χ2n) is 10.0. The quantitative estimate of drug-likeness (QED) is 0.383. The molecule has 2 fully saturated rings. The zero-order chi connectivity index (χ0) is 27.1. The standard InChI is InChI=1S/C28H25N9O2/c1-3-22(38)37-15-28(16-37)9-11-36(14-28)25-18(12-29)24(23-17(2)7-8-20-19(23)13-31-35-20)32-27(33-25)34-26(39)21-6-4-5-10-30-21/h3-8,10,13H,1,9,11,14-16H2,2H3,(H,31,35)(H,32,33,34,39). The first kappa shape index (κ1) is 24.2. The molecule has 0 radical (unpaired) electrons. The minimum absolute atomic E-state index is 0.0750. The van der Waals surface area contributed by atoms with E-state index < -0.39 is 5.91 Å². The smallest absolute Gasteiger partial charge is 0.276 e. The Hall–Kier alpha value is -5.11. The first-order valence-corrected chi connectivity index (χ1v) is 12.6. The Labute approximate surface area is 224 Å². The number of rotatable bonds is 5. The number of hydrogen-bond acceptors (Lipinski definition) is 8. The molecule has 11 nitrogen and oxygen atoms in total. The lowest BCUT2D eigenvalue weighted by atomic mass is 9.79. The second-order valence-corrected chi connectivity index (χ2v) is 10.0. The average Bonchev–Trinajstić information content (AvgIpc) is 3.60. The van der Waals surface area contributed by atoms with Gasteiger partial charge in [-0.2, -0.15) is 15.3 Å². The fourth-order valence-corrected chi connectivity index (χ4v) is 5.54. The zero-order valence-electron chi connectivity index (χ0n) is 21.3. The highest BCUT2D eigenvalue weighted by Gasteiger charge is 2.49. The van der Waals surface area contributed by atoms with Gasteiger partial charge in [0.05, 0.1) is 17.4 Å². The van der Waals surface area contributed by atoms with E-state index in [0.29, 0.717) is 43.3 Å². The minimum Gasteiger partial charge on any atom is -0.355 e. The lowest BCUT2D eigenvalue weighted by molar-refractivity contribution is -0.136. The molecule has 2 saturated heterocycles. The number of benzene rings is 1. The van der Waals surface area contributed by atoms with E-state index in [2.05, 4.69) is 43.0 Å². The number of carbonyl (C=O) groups is 2. The van der Waals surface area contributed by atoms with Crippen LogP contribution in [-0.2, 0) is 4.79 Å². The van der Waals surface area contributed by atoms with E-state index in [1.807, 2.05) is 19.1 Å². The van der Waals surface area contributed by atoms with Crippen molar-refractivity contribution in [3.63, 3.8) is 0 Å². The molecule has 0 atom stereocenters. The first-order chi connectivity index (χ1) is 18.9. The molecule has 0 aliphatic carbocycles. The molecule has 4 aromatic rings. The lowest BCUT2D eigenvalue weighted by Crippen LogP contribution is -2.59. The number of aryl methyl sites for hydroxylation is 1. The summed E-state index contributed by atoms with van der Waals surface area (Å²) in [5, 5.41) is 21.1. The molecule has 0 saturated carbocycles. The van der Waals surface area contributed by atoms with Crippen LogP contribution >= 0.6 is 0 Å². The monoisotopic (exact) mass is 519 g/mol. The van der Waals surface area contributed by atoms with Gasteiger partial charge in [-0.25, -0.2) is 4.98 Å². The van der Waals surface area contributed by atoms with Crippen LogP contribution in [0.15, 0.2) is 55.4 Å². The molecule has 0 bridgehead atoms. The van der Waals surface area contributed by atoms with Crippen LogP contribution in [-0.4, -0.2) is 68.0 Å². The van der Waals surface area contributed by atoms with Gasteiger partial charge in [-0.05, 0) is 43.2 Å². The first-order valence-electron chi connectivity index (χ1n) is 12.6. The van der Waals surface area contributed by atoms with Crippen LogP contribution in [0.1, 0.15) is 28.0 Å². The van der Waals surface area contributed by atoms with Crippen molar-refractivity contribution in [3.05, 3.63) is 72.2 Å². The van der Waals surface area contributed by atoms with Gasteiger partial charge < -0.3 is 9.80 Å². The number of likely N-dealkylation sites (tertiary alicyclic amines) is 1. The van der Waals surface area contributed by atoms with Gasteiger partial charge in [-0.15, -0.1) is 0 Å². The van der Waals surface area contributed by atoms with Gasteiger partial charge in [0, 0.05) is 48.7 Å². The number of fused-ring (bicyclic) bond motifs is 1. The number of hydrogen-bond donors (Lipinski definition) is 2. The maximum absolute atomic E-state index is 13.0. The van der Waals surface area contributed by atoms with Crippen molar-refractivity contribution in [2.24, 2.45) is 5.41 Å². The third kappa shape index (κ3) is 4.16. The fraction of sp³-hybridized carbons (Fsp3) is 0.250. The molecule has 1 spiro atoms. The predicted molar refractivity (Wildman–Crippen MR) is 145 cm³/mol. The molecule has 2 aliphatic rings. The number of amides is 2. The van der Waals surface area contributed by atoms with Crippen molar-refractivity contribution in [2.45, 2.75) is 13.3 Å². The van der Waals surface area contributed by atoms with Gasteiger partial charge in [0.1, 0.15) is 17.3 Å². The summed E-state index contributed by atoms with van der Waals surface area (Å²) in [6, 6.07) is 11.3. The number of nitriles is 1. The van der Waals surface area contributed by atoms with Gasteiger partial charge in [0.25, 0.3) is 5.91 Å². The largest absolute Gasteiger partial charge is 0.355 e. The molecular formula is C28H25N9O2. The Balaban J connectivity index is 1.44. The van der Waals surface area contributed by atoms with E-state index >= 15 is 0 Å². The van der Waals surface area contributed by atoms with Crippen LogP contribution < -0.4 is 10.2 Å². The van der Waals surface area contributed by atoms with E-state index in [1.54, 1.807) is 29.3 Å². The van der Waals surface area contributed by atoms with Gasteiger partial charge in [0.15, 0.2) is 5.82 Å². The number of aromatic nitrogens is 5. The summed E-state index contributed by atoms with van der Waals surface area (Å²) in [6.45, 7) is 8.07. The molecule has 2 aliphatic heterocycles. The third-order valence-electron chi connectivity index (χ3n) is 7.47. The normalized spacial score (nSPS) is 15.7. The number of H-pyrrole nitrogens is 1. The molecule has 39 heavy (non-hydrogen) atoms. The Kier molecular flexibility index (Phi) is 5.80. The molecule has 11 heteroatoms. The maximum atomic E-state index is 13.0. The van der Waals surface area contributed by atoms with E-state index in [4.69, 9.17) is 4.98 Å². The zero-order valence-corrected chi connectivity index (χ0v) is 21.3. The average molecular weight is 520 g/mol. The van der Waals surface area contributed by atoms with E-state index in [9.17, 15) is 14.9 Å². The minimum atomic E-state index is -0.453. The Morgan fingerprint density at radius 2 is 2.05 bits per heavy atom.